The highest BCUT2D eigenvalue weighted by atomic mass is 32.2. The number of benzene rings is 2. The first-order chi connectivity index (χ1) is 13.7. The Hall–Kier alpha value is -2.69. The van der Waals surface area contributed by atoms with Crippen molar-refractivity contribution in [2.75, 3.05) is 25.2 Å². The van der Waals surface area contributed by atoms with E-state index in [0.29, 0.717) is 5.69 Å². The van der Waals surface area contributed by atoms with Gasteiger partial charge in [0.2, 0.25) is 15.9 Å². The number of hydrogen-bond acceptors (Lipinski definition) is 6. The number of hydrazone groups is 1. The second-order valence-electron chi connectivity index (χ2n) is 6.03. The van der Waals surface area contributed by atoms with Gasteiger partial charge < -0.3 is 5.32 Å². The van der Waals surface area contributed by atoms with Crippen LogP contribution < -0.4 is 10.7 Å². The van der Waals surface area contributed by atoms with E-state index in [1.165, 1.54) is 44.5 Å². The molecule has 0 aliphatic carbocycles. The van der Waals surface area contributed by atoms with Gasteiger partial charge in [0.15, 0.2) is 0 Å². The van der Waals surface area contributed by atoms with Crippen molar-refractivity contribution in [1.82, 2.24) is 9.73 Å². The molecule has 0 aromatic heterocycles. The van der Waals surface area contributed by atoms with Crippen LogP contribution in [0, 0.1) is 0 Å². The van der Waals surface area contributed by atoms with E-state index >= 15 is 0 Å². The van der Waals surface area contributed by atoms with E-state index in [0.717, 1.165) is 14.8 Å². The van der Waals surface area contributed by atoms with E-state index in [-0.39, 0.29) is 10.8 Å². The van der Waals surface area contributed by atoms with Crippen molar-refractivity contribution in [2.45, 2.75) is 16.7 Å². The molecule has 0 fully saturated rings. The van der Waals surface area contributed by atoms with Crippen LogP contribution in [0.15, 0.2) is 63.4 Å². The summed E-state index contributed by atoms with van der Waals surface area (Å²) in [5.41, 5.74) is 3.61. The van der Waals surface area contributed by atoms with Crippen molar-refractivity contribution in [1.29, 1.82) is 0 Å². The van der Waals surface area contributed by atoms with Gasteiger partial charge in [-0.25, -0.2) is 13.8 Å². The van der Waals surface area contributed by atoms with Crippen LogP contribution in [-0.2, 0) is 19.6 Å². The van der Waals surface area contributed by atoms with Gasteiger partial charge in [0.25, 0.3) is 5.91 Å². The summed E-state index contributed by atoms with van der Waals surface area (Å²) in [6.45, 7) is 0.970. The number of anilines is 1. The molecule has 8 nitrogen and oxygen atoms in total. The van der Waals surface area contributed by atoms with Crippen LogP contribution in [0.3, 0.4) is 0 Å². The van der Waals surface area contributed by atoms with Crippen LogP contribution in [-0.4, -0.2) is 50.6 Å². The lowest BCUT2D eigenvalue weighted by molar-refractivity contribution is -0.121. The van der Waals surface area contributed by atoms with Gasteiger partial charge in [0.1, 0.15) is 0 Å². The zero-order valence-electron chi connectivity index (χ0n) is 16.2. The van der Waals surface area contributed by atoms with Gasteiger partial charge in [-0.3, -0.25) is 9.59 Å². The molecule has 0 aliphatic rings. The smallest absolute Gasteiger partial charge is 0.255 e. The third kappa shape index (κ3) is 6.70. The highest BCUT2D eigenvalue weighted by molar-refractivity contribution is 7.98. The maximum Gasteiger partial charge on any atom is 0.255 e. The Kier molecular flexibility index (Phi) is 7.94. The maximum atomic E-state index is 12.6. The molecule has 0 radical (unpaired) electrons. The van der Waals surface area contributed by atoms with Crippen molar-refractivity contribution in [3.05, 3.63) is 54.1 Å². The zero-order chi connectivity index (χ0) is 21.4. The van der Waals surface area contributed by atoms with Gasteiger partial charge in [-0.2, -0.15) is 9.41 Å². The predicted octanol–water partition coefficient (Wildman–Crippen LogP) is 2.14. The number of rotatable bonds is 8. The molecule has 0 spiro atoms. The van der Waals surface area contributed by atoms with Gasteiger partial charge in [-0.05, 0) is 48.2 Å². The Labute approximate surface area is 174 Å². The second-order valence-corrected chi connectivity index (χ2v) is 8.96. The molecule has 0 bridgehead atoms. The first-order valence-electron chi connectivity index (χ1n) is 8.52. The minimum absolute atomic E-state index is 0.0132. The van der Waals surface area contributed by atoms with Crippen LogP contribution in [0.5, 0.6) is 0 Å². The van der Waals surface area contributed by atoms with E-state index in [1.54, 1.807) is 11.8 Å². The van der Waals surface area contributed by atoms with Crippen LogP contribution in [0.1, 0.15) is 12.5 Å². The second kappa shape index (κ2) is 10.2. The number of sulfonamides is 1. The third-order valence-electron chi connectivity index (χ3n) is 3.77. The number of thioether (sulfide) groups is 1. The fourth-order valence-corrected chi connectivity index (χ4v) is 3.82. The lowest BCUT2D eigenvalue weighted by Gasteiger charge is -2.16. The first-order valence-corrected chi connectivity index (χ1v) is 11.2. The SMILES string of the molecule is CSc1ccc(/C=N/NC(=O)CN(C)S(=O)(=O)c2ccc(NC(C)=O)cc2)cc1. The molecule has 0 saturated carbocycles. The van der Waals surface area contributed by atoms with E-state index < -0.39 is 22.5 Å². The molecule has 2 amide bonds. The molecular weight excluding hydrogens is 412 g/mol. The average molecular weight is 435 g/mol. The molecule has 0 unspecified atom stereocenters. The van der Waals surface area contributed by atoms with Gasteiger partial charge >= 0.3 is 0 Å². The van der Waals surface area contributed by atoms with E-state index in [2.05, 4.69) is 15.8 Å². The van der Waals surface area contributed by atoms with Crippen LogP contribution >= 0.6 is 11.8 Å². The largest absolute Gasteiger partial charge is 0.326 e. The van der Waals surface area contributed by atoms with E-state index in [9.17, 15) is 18.0 Å². The summed E-state index contributed by atoms with van der Waals surface area (Å²) in [6.07, 6.45) is 3.46. The molecule has 0 aliphatic heterocycles. The van der Waals surface area contributed by atoms with Gasteiger partial charge in [-0.15, -0.1) is 11.8 Å². The minimum Gasteiger partial charge on any atom is -0.326 e. The summed E-state index contributed by atoms with van der Waals surface area (Å²) in [7, 11) is -2.55. The van der Waals surface area contributed by atoms with Crippen molar-refractivity contribution >= 4 is 45.5 Å². The fourth-order valence-electron chi connectivity index (χ4n) is 2.28. The van der Waals surface area contributed by atoms with Crippen molar-refractivity contribution in [2.24, 2.45) is 5.10 Å². The Morgan fingerprint density at radius 1 is 1.10 bits per heavy atom. The molecule has 10 heteroatoms. The third-order valence-corrected chi connectivity index (χ3v) is 6.33. The summed E-state index contributed by atoms with van der Waals surface area (Å²) in [5, 5.41) is 6.41. The van der Waals surface area contributed by atoms with Crippen LogP contribution in [0.25, 0.3) is 0 Å². The molecule has 0 heterocycles. The predicted molar refractivity (Wildman–Crippen MR) is 115 cm³/mol. The number of hydrogen-bond donors (Lipinski definition) is 2. The average Bonchev–Trinajstić information content (AvgIpc) is 2.68. The van der Waals surface area contributed by atoms with Crippen molar-refractivity contribution in [3.63, 3.8) is 0 Å². The molecule has 154 valence electrons. The van der Waals surface area contributed by atoms with Gasteiger partial charge in [0.05, 0.1) is 17.7 Å². The van der Waals surface area contributed by atoms with Gasteiger partial charge in [-0.1, -0.05) is 12.1 Å². The van der Waals surface area contributed by atoms with Gasteiger partial charge in [0, 0.05) is 24.6 Å². The van der Waals surface area contributed by atoms with Crippen LogP contribution in [0.4, 0.5) is 5.69 Å². The zero-order valence-corrected chi connectivity index (χ0v) is 17.9. The van der Waals surface area contributed by atoms with Crippen molar-refractivity contribution in [3.8, 4) is 0 Å². The number of amides is 2. The monoisotopic (exact) mass is 434 g/mol. The summed E-state index contributed by atoms with van der Waals surface area (Å²) in [4.78, 5) is 24.2. The fraction of sp³-hybridized carbons (Fsp3) is 0.211. The highest BCUT2D eigenvalue weighted by Crippen LogP contribution is 2.17. The molecule has 2 N–H and O–H groups in total. The Bertz CT molecular complexity index is 988. The van der Waals surface area contributed by atoms with Crippen molar-refractivity contribution < 1.29 is 18.0 Å². The highest BCUT2D eigenvalue weighted by Gasteiger charge is 2.22. The molecule has 0 saturated heterocycles. The summed E-state index contributed by atoms with van der Waals surface area (Å²) < 4.78 is 26.1. The molecule has 29 heavy (non-hydrogen) atoms. The normalized spacial score (nSPS) is 11.6. The number of carbonyl (C=O) groups excluding carboxylic acids is 2. The quantitative estimate of drug-likeness (QED) is 0.376. The maximum absolute atomic E-state index is 12.6. The first kappa shape index (κ1) is 22.6. The molecular formula is C19H22N4O4S2. The molecule has 2 rings (SSSR count). The molecule has 2 aromatic rings. The number of nitrogens with one attached hydrogen (secondary N) is 2. The lowest BCUT2D eigenvalue weighted by atomic mass is 10.2. The molecule has 2 aromatic carbocycles. The molecule has 0 atom stereocenters. The van der Waals surface area contributed by atoms with E-state index in [4.69, 9.17) is 0 Å². The van der Waals surface area contributed by atoms with E-state index in [1.807, 2.05) is 30.5 Å². The standard InChI is InChI=1S/C19H22N4O4S2/c1-14(24)21-16-6-10-18(11-7-16)29(26,27)23(2)13-19(25)22-20-12-15-4-8-17(28-3)9-5-15/h4-12H,13H2,1-3H3,(H,21,24)(H,22,25)/b20-12+. The minimum atomic E-state index is -3.86. The Morgan fingerprint density at radius 2 is 1.72 bits per heavy atom. The lowest BCUT2D eigenvalue weighted by Crippen LogP contribution is -2.36. The number of likely N-dealkylation sites (N-methyl/N-ethyl adjacent to an activating group) is 1. The summed E-state index contributed by atoms with van der Waals surface area (Å²) >= 11 is 1.62. The number of nitrogens with zero attached hydrogens (tertiary/aromatic N) is 2. The summed E-state index contributed by atoms with van der Waals surface area (Å²) in [6, 6.07) is 13.3. The Balaban J connectivity index is 1.94. The topological polar surface area (TPSA) is 108 Å². The Morgan fingerprint density at radius 3 is 2.28 bits per heavy atom. The van der Waals surface area contributed by atoms with Crippen LogP contribution in [0.2, 0.25) is 0 Å². The number of carbonyl (C=O) groups is 2. The summed E-state index contributed by atoms with van der Waals surface area (Å²) in [5.74, 6) is -0.821.